The molecule has 4 heterocycles. The summed E-state index contributed by atoms with van der Waals surface area (Å²) in [5.41, 5.74) is 4.36. The van der Waals surface area contributed by atoms with Crippen molar-refractivity contribution in [1.29, 1.82) is 0 Å². The smallest absolute Gasteiger partial charge is 0.411 e. The summed E-state index contributed by atoms with van der Waals surface area (Å²) in [6.45, 7) is 10.1. The number of carbonyl (C=O) groups excluding carboxylic acids is 1. The normalized spacial score (nSPS) is 18.8. The van der Waals surface area contributed by atoms with E-state index in [2.05, 4.69) is 19.9 Å². The van der Waals surface area contributed by atoms with Gasteiger partial charge in [0.15, 0.2) is 5.82 Å². The predicted molar refractivity (Wildman–Crippen MR) is 150 cm³/mol. The average Bonchev–Trinajstić information content (AvgIpc) is 3.47. The maximum atomic E-state index is 13.5. The Morgan fingerprint density at radius 1 is 1.00 bits per heavy atom. The van der Waals surface area contributed by atoms with Gasteiger partial charge in [-0.25, -0.2) is 14.8 Å². The summed E-state index contributed by atoms with van der Waals surface area (Å²) in [4.78, 5) is 44.3. The number of hydrogen-bond acceptors (Lipinski definition) is 6. The van der Waals surface area contributed by atoms with E-state index in [1.54, 1.807) is 24.5 Å². The molecule has 1 aromatic carbocycles. The number of likely N-dealkylation sites (tertiary alicyclic amines) is 2. The van der Waals surface area contributed by atoms with Crippen molar-refractivity contribution < 1.29 is 14.7 Å². The lowest BCUT2D eigenvalue weighted by atomic mass is 10.0. The number of amides is 2. The Hall–Kier alpha value is -3.56. The van der Waals surface area contributed by atoms with Crippen LogP contribution in [-0.2, 0) is 0 Å². The van der Waals surface area contributed by atoms with Gasteiger partial charge in [-0.3, -0.25) is 14.7 Å². The molecule has 1 N–H and O–H groups in total. The van der Waals surface area contributed by atoms with E-state index >= 15 is 0 Å². The highest BCUT2D eigenvalue weighted by molar-refractivity contribution is 6.31. The van der Waals surface area contributed by atoms with Crippen LogP contribution < -0.4 is 4.90 Å². The molecule has 0 aliphatic carbocycles. The number of anilines is 1. The van der Waals surface area contributed by atoms with Gasteiger partial charge in [0.05, 0.1) is 17.0 Å². The molecule has 10 heteroatoms. The molecule has 0 bridgehead atoms. The van der Waals surface area contributed by atoms with E-state index in [9.17, 15) is 14.7 Å². The molecule has 2 fully saturated rings. The van der Waals surface area contributed by atoms with Crippen LogP contribution in [0.3, 0.4) is 0 Å². The first-order valence-corrected chi connectivity index (χ1v) is 13.6. The van der Waals surface area contributed by atoms with Gasteiger partial charge in [-0.2, -0.15) is 0 Å². The fourth-order valence-electron chi connectivity index (χ4n) is 5.79. The van der Waals surface area contributed by atoms with Crippen LogP contribution in [0.2, 0.25) is 5.02 Å². The summed E-state index contributed by atoms with van der Waals surface area (Å²) in [6.07, 6.45) is 3.15. The van der Waals surface area contributed by atoms with Gasteiger partial charge < -0.3 is 14.9 Å². The van der Waals surface area contributed by atoms with Gasteiger partial charge in [0.2, 0.25) is 0 Å². The molecule has 2 saturated heterocycles. The molecule has 3 aromatic rings. The molecular weight excluding hydrogens is 516 g/mol. The molecule has 204 valence electrons. The molecule has 2 aromatic heterocycles. The van der Waals surface area contributed by atoms with Crippen molar-refractivity contribution in [2.24, 2.45) is 11.8 Å². The number of aryl methyl sites for hydroxylation is 3. The van der Waals surface area contributed by atoms with E-state index in [0.29, 0.717) is 65.0 Å². The summed E-state index contributed by atoms with van der Waals surface area (Å²) < 4.78 is 0. The van der Waals surface area contributed by atoms with E-state index in [-0.39, 0.29) is 5.91 Å². The molecule has 5 rings (SSSR count). The van der Waals surface area contributed by atoms with Crippen molar-refractivity contribution in [3.05, 3.63) is 70.3 Å². The highest BCUT2D eigenvalue weighted by Crippen LogP contribution is 2.33. The van der Waals surface area contributed by atoms with Crippen LogP contribution in [0.5, 0.6) is 0 Å². The van der Waals surface area contributed by atoms with Crippen molar-refractivity contribution in [2.75, 3.05) is 44.2 Å². The first kappa shape index (κ1) is 27.0. The fourth-order valence-corrected chi connectivity index (χ4v) is 5.96. The number of nitrogens with zero attached hydrogens (tertiary/aromatic N) is 6. The lowest BCUT2D eigenvalue weighted by Gasteiger charge is -2.24. The number of rotatable bonds is 7. The number of aromatic nitrogens is 3. The minimum Gasteiger partial charge on any atom is -0.465 e. The molecule has 0 radical (unpaired) electrons. The van der Waals surface area contributed by atoms with Crippen LogP contribution in [0.1, 0.15) is 33.7 Å². The van der Waals surface area contributed by atoms with E-state index in [1.807, 2.05) is 43.9 Å². The zero-order valence-electron chi connectivity index (χ0n) is 22.5. The largest absolute Gasteiger partial charge is 0.465 e. The predicted octanol–water partition coefficient (Wildman–Crippen LogP) is 4.70. The zero-order valence-corrected chi connectivity index (χ0v) is 23.2. The second-order valence-corrected chi connectivity index (χ2v) is 10.9. The first-order valence-electron chi connectivity index (χ1n) is 13.2. The number of carbonyl (C=O) groups is 2. The first-order chi connectivity index (χ1) is 18.7. The van der Waals surface area contributed by atoms with Crippen LogP contribution >= 0.6 is 11.6 Å². The van der Waals surface area contributed by atoms with Gasteiger partial charge in [-0.15, -0.1) is 0 Å². The molecule has 2 aliphatic rings. The second-order valence-electron chi connectivity index (χ2n) is 10.5. The average molecular weight is 549 g/mol. The Morgan fingerprint density at radius 2 is 1.64 bits per heavy atom. The van der Waals surface area contributed by atoms with Gasteiger partial charge in [-0.1, -0.05) is 17.7 Å². The summed E-state index contributed by atoms with van der Waals surface area (Å²) in [5.74, 6) is 1.43. The van der Waals surface area contributed by atoms with Crippen LogP contribution in [0.15, 0.2) is 42.7 Å². The molecule has 2 aliphatic heterocycles. The highest BCUT2D eigenvalue weighted by atomic mass is 35.5. The Bertz CT molecular complexity index is 1350. The number of pyridine rings is 1. The monoisotopic (exact) mass is 548 g/mol. The zero-order chi connectivity index (χ0) is 27.7. The summed E-state index contributed by atoms with van der Waals surface area (Å²) in [7, 11) is 0. The number of benzene rings is 1. The maximum absolute atomic E-state index is 13.5. The number of hydrogen-bond donors (Lipinski definition) is 1. The van der Waals surface area contributed by atoms with E-state index < -0.39 is 6.09 Å². The van der Waals surface area contributed by atoms with Gasteiger partial charge in [0, 0.05) is 61.4 Å². The van der Waals surface area contributed by atoms with Crippen molar-refractivity contribution in [2.45, 2.75) is 27.2 Å². The third kappa shape index (κ3) is 5.74. The Morgan fingerprint density at radius 3 is 2.23 bits per heavy atom. The molecule has 9 nitrogen and oxygen atoms in total. The molecule has 0 spiro atoms. The van der Waals surface area contributed by atoms with Crippen LogP contribution in [0.25, 0.3) is 11.4 Å². The third-order valence-corrected chi connectivity index (χ3v) is 8.23. The lowest BCUT2D eigenvalue weighted by molar-refractivity contribution is 0.0771. The molecule has 0 saturated carbocycles. The van der Waals surface area contributed by atoms with Gasteiger partial charge >= 0.3 is 6.09 Å². The highest BCUT2D eigenvalue weighted by Gasteiger charge is 2.42. The van der Waals surface area contributed by atoms with Crippen LogP contribution in [-0.4, -0.2) is 81.1 Å². The number of halogens is 1. The van der Waals surface area contributed by atoms with Crippen LogP contribution in [0.4, 0.5) is 10.5 Å². The molecule has 39 heavy (non-hydrogen) atoms. The fraction of sp³-hybridized carbons (Fsp3) is 0.414. The van der Waals surface area contributed by atoms with Crippen molar-refractivity contribution in [3.63, 3.8) is 0 Å². The molecule has 2 unspecified atom stereocenters. The summed E-state index contributed by atoms with van der Waals surface area (Å²) in [6, 6.07) is 9.06. The van der Waals surface area contributed by atoms with E-state index in [4.69, 9.17) is 11.6 Å². The third-order valence-electron chi connectivity index (χ3n) is 7.83. The minimum absolute atomic E-state index is 0.00101. The number of fused-ring (bicyclic) bond motifs is 1. The Labute approximate surface area is 233 Å². The lowest BCUT2D eigenvalue weighted by Crippen LogP contribution is -2.36. The SMILES string of the molecule is Cc1ccc(N(CCCN2CC3CN(C(=O)c4c(C)nc(-c5ccncc5)nc4C)CC3C2)C(=O)O)cc1Cl. The Kier molecular flexibility index (Phi) is 7.81. The van der Waals surface area contributed by atoms with Gasteiger partial charge in [0.25, 0.3) is 5.91 Å². The molecule has 2 amide bonds. The minimum atomic E-state index is -0.981. The van der Waals surface area contributed by atoms with E-state index in [0.717, 1.165) is 37.2 Å². The van der Waals surface area contributed by atoms with Gasteiger partial charge in [-0.05, 0) is 75.4 Å². The summed E-state index contributed by atoms with van der Waals surface area (Å²) in [5, 5.41) is 10.3. The van der Waals surface area contributed by atoms with Crippen molar-refractivity contribution in [1.82, 2.24) is 24.8 Å². The summed E-state index contributed by atoms with van der Waals surface area (Å²) >= 11 is 6.21. The topological polar surface area (TPSA) is 103 Å². The van der Waals surface area contributed by atoms with Crippen molar-refractivity contribution >= 4 is 29.3 Å². The Balaban J connectivity index is 1.16. The molecular formula is C29H33ClN6O3. The number of carboxylic acid groups (broad SMARTS) is 1. The quantitative estimate of drug-likeness (QED) is 0.456. The molecule has 2 atom stereocenters. The second kappa shape index (κ2) is 11.3. The standard InChI is InChI=1S/C29H33ClN6O3/c1-18-5-6-24(13-25(18)30)36(29(38)39)12-4-11-34-14-22-16-35(17-23(22)15-34)28(37)26-19(2)32-27(33-20(26)3)21-7-9-31-10-8-21/h5-10,13,22-23H,4,11-12,14-17H2,1-3H3,(H,38,39). The van der Waals surface area contributed by atoms with Crippen LogP contribution in [0, 0.1) is 32.6 Å². The van der Waals surface area contributed by atoms with Gasteiger partial charge in [0.1, 0.15) is 0 Å². The van der Waals surface area contributed by atoms with E-state index in [1.165, 1.54) is 4.90 Å². The van der Waals surface area contributed by atoms with Crippen molar-refractivity contribution in [3.8, 4) is 11.4 Å². The maximum Gasteiger partial charge on any atom is 0.411 e.